The SMILES string of the molecule is COc1ccc2c(c1)C1C(C(=O)O)=C(C)NC(C)(C=C2)C1C(=O)O. The number of allylic oxidation sites excluding steroid dienone is 1. The molecule has 3 atom stereocenters. The molecule has 6 nitrogen and oxygen atoms in total. The van der Waals surface area contributed by atoms with Gasteiger partial charge in [0, 0.05) is 11.6 Å². The molecular formula is C18H19NO5. The van der Waals surface area contributed by atoms with Crippen molar-refractivity contribution in [2.75, 3.05) is 7.11 Å². The number of rotatable bonds is 3. The number of carboxylic acid groups (broad SMARTS) is 2. The van der Waals surface area contributed by atoms with Crippen LogP contribution in [0.2, 0.25) is 0 Å². The normalized spacial score (nSPS) is 27.8. The molecule has 0 saturated heterocycles. The Balaban J connectivity index is 2.35. The molecule has 1 aliphatic carbocycles. The molecule has 0 saturated carbocycles. The average Bonchev–Trinajstić information content (AvgIpc) is 2.59. The standard InChI is InChI=1S/C18H19NO5/c1-9-13(16(20)21)14-12-8-11(24-3)5-4-10(12)6-7-18(2,19-9)15(14)17(22)23/h4-8,14-15,19H,1-3H3,(H,20,21)(H,22,23). The topological polar surface area (TPSA) is 95.9 Å². The predicted octanol–water partition coefficient (Wildman–Crippen LogP) is 2.23. The largest absolute Gasteiger partial charge is 0.497 e. The summed E-state index contributed by atoms with van der Waals surface area (Å²) in [5, 5.41) is 22.6. The first-order valence-corrected chi connectivity index (χ1v) is 7.60. The van der Waals surface area contributed by atoms with Gasteiger partial charge < -0.3 is 20.3 Å². The highest BCUT2D eigenvalue weighted by Crippen LogP contribution is 2.48. The molecule has 0 radical (unpaired) electrons. The smallest absolute Gasteiger partial charge is 0.333 e. The second-order valence-corrected chi connectivity index (χ2v) is 6.37. The number of hydrogen-bond donors (Lipinski definition) is 3. The molecule has 2 aliphatic rings. The van der Waals surface area contributed by atoms with Crippen LogP contribution in [0.5, 0.6) is 5.75 Å². The van der Waals surface area contributed by atoms with Gasteiger partial charge in [-0.1, -0.05) is 18.2 Å². The van der Waals surface area contributed by atoms with Gasteiger partial charge in [-0.05, 0) is 37.1 Å². The van der Waals surface area contributed by atoms with Gasteiger partial charge >= 0.3 is 11.9 Å². The van der Waals surface area contributed by atoms with E-state index < -0.39 is 29.3 Å². The zero-order valence-electron chi connectivity index (χ0n) is 13.7. The van der Waals surface area contributed by atoms with Crippen LogP contribution in [0.15, 0.2) is 35.5 Å². The van der Waals surface area contributed by atoms with Crippen molar-refractivity contribution in [3.8, 4) is 5.75 Å². The monoisotopic (exact) mass is 329 g/mol. The minimum Gasteiger partial charge on any atom is -0.497 e. The summed E-state index contributed by atoms with van der Waals surface area (Å²) < 4.78 is 5.25. The molecule has 3 rings (SSSR count). The molecule has 0 fully saturated rings. The minimum absolute atomic E-state index is 0.0816. The van der Waals surface area contributed by atoms with Crippen molar-refractivity contribution >= 4 is 18.0 Å². The van der Waals surface area contributed by atoms with Gasteiger partial charge in [0.1, 0.15) is 5.75 Å². The number of benzene rings is 1. The molecule has 126 valence electrons. The first-order valence-electron chi connectivity index (χ1n) is 7.60. The number of ether oxygens (including phenoxy) is 1. The van der Waals surface area contributed by atoms with E-state index in [0.717, 1.165) is 5.56 Å². The second-order valence-electron chi connectivity index (χ2n) is 6.37. The fraction of sp³-hybridized carbons (Fsp3) is 0.333. The number of carboxylic acids is 2. The van der Waals surface area contributed by atoms with Crippen LogP contribution >= 0.6 is 0 Å². The van der Waals surface area contributed by atoms with E-state index >= 15 is 0 Å². The molecule has 3 unspecified atom stereocenters. The van der Waals surface area contributed by atoms with E-state index in [2.05, 4.69) is 5.32 Å². The van der Waals surface area contributed by atoms with Gasteiger partial charge in [0.15, 0.2) is 0 Å². The summed E-state index contributed by atoms with van der Waals surface area (Å²) in [4.78, 5) is 23.9. The third-order valence-electron chi connectivity index (χ3n) is 4.89. The summed E-state index contributed by atoms with van der Waals surface area (Å²) in [6.45, 7) is 3.45. The molecule has 6 heteroatoms. The Hall–Kier alpha value is -2.76. The third kappa shape index (κ3) is 2.26. The summed E-state index contributed by atoms with van der Waals surface area (Å²) in [6.07, 6.45) is 3.65. The maximum Gasteiger partial charge on any atom is 0.333 e. The van der Waals surface area contributed by atoms with Gasteiger partial charge in [-0.2, -0.15) is 0 Å². The van der Waals surface area contributed by atoms with Gasteiger partial charge in [-0.3, -0.25) is 4.79 Å². The Bertz CT molecular complexity index is 795. The maximum absolute atomic E-state index is 12.0. The molecule has 0 spiro atoms. The van der Waals surface area contributed by atoms with Gasteiger partial charge in [-0.15, -0.1) is 0 Å². The molecule has 1 aromatic carbocycles. The van der Waals surface area contributed by atoms with Crippen molar-refractivity contribution in [3.63, 3.8) is 0 Å². The highest BCUT2D eigenvalue weighted by molar-refractivity contribution is 5.93. The molecule has 0 aromatic heterocycles. The number of aliphatic carboxylic acids is 2. The molecule has 24 heavy (non-hydrogen) atoms. The first-order chi connectivity index (χ1) is 11.3. The van der Waals surface area contributed by atoms with Crippen LogP contribution < -0.4 is 10.1 Å². The van der Waals surface area contributed by atoms with Gasteiger partial charge in [0.05, 0.1) is 24.1 Å². The van der Waals surface area contributed by atoms with Crippen molar-refractivity contribution in [1.82, 2.24) is 5.32 Å². The van der Waals surface area contributed by atoms with Crippen LogP contribution in [0, 0.1) is 5.92 Å². The molecule has 1 heterocycles. The van der Waals surface area contributed by atoms with Crippen molar-refractivity contribution < 1.29 is 24.5 Å². The highest BCUT2D eigenvalue weighted by atomic mass is 16.5. The van der Waals surface area contributed by atoms with Crippen molar-refractivity contribution in [2.45, 2.75) is 25.3 Å². The zero-order chi connectivity index (χ0) is 17.6. The van der Waals surface area contributed by atoms with Crippen molar-refractivity contribution in [1.29, 1.82) is 0 Å². The summed E-state index contributed by atoms with van der Waals surface area (Å²) in [7, 11) is 1.52. The van der Waals surface area contributed by atoms with E-state index in [1.165, 1.54) is 7.11 Å². The summed E-state index contributed by atoms with van der Waals surface area (Å²) in [5.74, 6) is -3.31. The Kier molecular flexibility index (Phi) is 3.63. The molecule has 1 aliphatic heterocycles. The van der Waals surface area contributed by atoms with E-state index in [4.69, 9.17) is 4.74 Å². The average molecular weight is 329 g/mol. The Morgan fingerprint density at radius 2 is 2.00 bits per heavy atom. The molecule has 0 amide bonds. The molecule has 3 N–H and O–H groups in total. The fourth-order valence-corrected chi connectivity index (χ4v) is 3.83. The van der Waals surface area contributed by atoms with Crippen LogP contribution in [0.1, 0.15) is 30.9 Å². The van der Waals surface area contributed by atoms with Crippen molar-refractivity contribution in [3.05, 3.63) is 46.7 Å². The van der Waals surface area contributed by atoms with E-state index in [-0.39, 0.29) is 5.57 Å². The number of methoxy groups -OCH3 is 1. The molecule has 2 bridgehead atoms. The van der Waals surface area contributed by atoms with Gasteiger partial charge in [-0.25, -0.2) is 4.79 Å². The Morgan fingerprint density at radius 1 is 1.29 bits per heavy atom. The number of fused-ring (bicyclic) bond motifs is 4. The lowest BCUT2D eigenvalue weighted by Crippen LogP contribution is -2.55. The van der Waals surface area contributed by atoms with Crippen LogP contribution in [-0.4, -0.2) is 34.8 Å². The van der Waals surface area contributed by atoms with Gasteiger partial charge in [0.25, 0.3) is 0 Å². The summed E-state index contributed by atoms with van der Waals surface area (Å²) >= 11 is 0. The second kappa shape index (κ2) is 5.40. The summed E-state index contributed by atoms with van der Waals surface area (Å²) in [5.41, 5.74) is 1.13. The highest BCUT2D eigenvalue weighted by Gasteiger charge is 2.51. The minimum atomic E-state index is -1.12. The molecular weight excluding hydrogens is 310 g/mol. The maximum atomic E-state index is 12.0. The van der Waals surface area contributed by atoms with Crippen molar-refractivity contribution in [2.24, 2.45) is 5.92 Å². The lowest BCUT2D eigenvalue weighted by atomic mass is 9.68. The van der Waals surface area contributed by atoms with Crippen LogP contribution in [0.4, 0.5) is 0 Å². The van der Waals surface area contributed by atoms with Crippen LogP contribution in [0.3, 0.4) is 0 Å². The van der Waals surface area contributed by atoms with E-state index in [0.29, 0.717) is 17.0 Å². The third-order valence-corrected chi connectivity index (χ3v) is 4.89. The fourth-order valence-electron chi connectivity index (χ4n) is 3.83. The first kappa shape index (κ1) is 16.1. The lowest BCUT2D eigenvalue weighted by Gasteiger charge is -2.43. The molecule has 1 aromatic rings. The van der Waals surface area contributed by atoms with Gasteiger partial charge in [0.2, 0.25) is 0 Å². The van der Waals surface area contributed by atoms with E-state index in [1.807, 2.05) is 12.1 Å². The Morgan fingerprint density at radius 3 is 2.58 bits per heavy atom. The number of hydrogen-bond acceptors (Lipinski definition) is 4. The number of carbonyl (C=O) groups is 2. The number of nitrogens with one attached hydrogen (secondary N) is 1. The van der Waals surface area contributed by atoms with Crippen LogP contribution in [-0.2, 0) is 9.59 Å². The summed E-state index contributed by atoms with van der Waals surface area (Å²) in [6, 6.07) is 5.33. The van der Waals surface area contributed by atoms with E-state index in [1.54, 1.807) is 32.1 Å². The lowest BCUT2D eigenvalue weighted by molar-refractivity contribution is -0.145. The quantitative estimate of drug-likeness (QED) is 0.787. The zero-order valence-corrected chi connectivity index (χ0v) is 13.7. The predicted molar refractivity (Wildman–Crippen MR) is 87.8 cm³/mol. The Labute approximate surface area is 139 Å². The van der Waals surface area contributed by atoms with Crippen LogP contribution in [0.25, 0.3) is 6.08 Å². The van der Waals surface area contributed by atoms with E-state index in [9.17, 15) is 19.8 Å².